The van der Waals surface area contributed by atoms with E-state index in [1.54, 1.807) is 49.6 Å². The molecule has 0 fully saturated rings. The maximum absolute atomic E-state index is 13.0. The van der Waals surface area contributed by atoms with Crippen LogP contribution in [0.5, 0.6) is 0 Å². The molecular weight excluding hydrogens is 2010 g/mol. The Balaban J connectivity index is 0.000000732. The summed E-state index contributed by atoms with van der Waals surface area (Å²) in [5, 5.41) is 40.7. The number of hydrogen-bond donors (Lipinski definition) is 0. The van der Waals surface area contributed by atoms with Crippen LogP contribution in [0.2, 0.25) is 0 Å². The van der Waals surface area contributed by atoms with Crippen LogP contribution in [0, 0.1) is 87.5 Å². The van der Waals surface area contributed by atoms with Crippen molar-refractivity contribution in [3.05, 3.63) is 337 Å². The molecule has 0 amide bonds. The first kappa shape index (κ1) is 114. The smallest absolute Gasteiger partial charge is 0.545 e. The van der Waals surface area contributed by atoms with E-state index in [4.69, 9.17) is 74.5 Å². The Morgan fingerprint density at radius 3 is 0.383 bits per heavy atom. The molecule has 0 unspecified atom stereocenters. The molecule has 4 radical (unpaired) electrons. The van der Waals surface area contributed by atoms with Crippen molar-refractivity contribution in [3.63, 3.8) is 0 Å². The fraction of sp³-hybridized carbons (Fsp3) is 0. The van der Waals surface area contributed by atoms with Crippen LogP contribution in [0.4, 0.5) is 35.1 Å². The van der Waals surface area contributed by atoms with Gasteiger partial charge < -0.3 is 39.6 Å². The van der Waals surface area contributed by atoms with Gasteiger partial charge in [-0.05, 0) is 146 Å². The van der Waals surface area contributed by atoms with Crippen molar-refractivity contribution in [1.82, 2.24) is 59.8 Å². The third kappa shape index (κ3) is 41.3. The number of benzene rings is 2. The Kier molecular flexibility index (Phi) is 49.7. The van der Waals surface area contributed by atoms with E-state index < -0.39 is 134 Å². The van der Waals surface area contributed by atoms with Gasteiger partial charge in [-0.1, -0.05) is 72.8 Å². The number of rotatable bonds is 12. The molecule has 0 saturated carbocycles. The zero-order valence-corrected chi connectivity index (χ0v) is 69.1. The predicted molar refractivity (Wildman–Crippen MR) is 353 cm³/mol. The van der Waals surface area contributed by atoms with Crippen LogP contribution in [0.25, 0.3) is 91.1 Å². The fourth-order valence-corrected chi connectivity index (χ4v) is 8.98. The molecular formula is C76H44Cl4Cu4F8N12O24. The average Bonchev–Trinajstić information content (AvgIpc) is 0.780. The number of pyridine rings is 12. The van der Waals surface area contributed by atoms with E-state index in [-0.39, 0.29) is 68.3 Å². The van der Waals surface area contributed by atoms with Crippen molar-refractivity contribution in [2.24, 2.45) is 0 Å². The zero-order chi connectivity index (χ0) is 92.1. The van der Waals surface area contributed by atoms with E-state index in [9.17, 15) is 74.7 Å². The maximum atomic E-state index is 13.0. The van der Waals surface area contributed by atoms with E-state index >= 15 is 0 Å². The van der Waals surface area contributed by atoms with Crippen molar-refractivity contribution < 1.29 is 259 Å². The average molecular weight is 2060 g/mol. The summed E-state index contributed by atoms with van der Waals surface area (Å²) in [5.74, 6) is -29.0. The molecule has 14 rings (SSSR count). The molecule has 0 bridgehead atoms. The summed E-state index contributed by atoms with van der Waals surface area (Å²) in [4.78, 5) is 93.5. The zero-order valence-electron chi connectivity index (χ0n) is 62.3. The largest absolute Gasteiger partial charge is 2.00 e. The van der Waals surface area contributed by atoms with E-state index in [2.05, 4.69) is 59.8 Å². The summed E-state index contributed by atoms with van der Waals surface area (Å²) in [6, 6.07) is 69.9. The second kappa shape index (κ2) is 55.7. The first-order valence-electron chi connectivity index (χ1n) is 32.5. The molecule has 0 atom stereocenters. The van der Waals surface area contributed by atoms with Gasteiger partial charge in [0.05, 0.1) is 137 Å². The van der Waals surface area contributed by atoms with E-state index in [0.717, 1.165) is 91.1 Å². The van der Waals surface area contributed by atoms with Gasteiger partial charge in [0.1, 0.15) is 11.6 Å². The molecule has 36 nitrogen and oxygen atoms in total. The fourth-order valence-electron chi connectivity index (χ4n) is 8.98. The molecule has 0 aliphatic rings. The number of nitrogens with zero attached hydrogens (tertiary/aromatic N) is 12. The maximum Gasteiger partial charge on any atom is 2.00 e. The quantitative estimate of drug-likeness (QED) is 0.0474. The molecule has 0 spiro atoms. The van der Waals surface area contributed by atoms with Gasteiger partial charge in [0, 0.05) is 49.6 Å². The third-order valence-electron chi connectivity index (χ3n) is 13.8. The van der Waals surface area contributed by atoms with Gasteiger partial charge in [-0.15, -0.1) is 41.0 Å². The number of carboxylic acid groups (broad SMARTS) is 4. The molecule has 2 aromatic carbocycles. The molecule has 128 heavy (non-hydrogen) atoms. The number of carboxylic acids is 4. The molecule has 0 aliphatic carbocycles. The van der Waals surface area contributed by atoms with Crippen LogP contribution in [-0.4, -0.2) is 83.7 Å². The topological polar surface area (TPSA) is 684 Å². The van der Waals surface area contributed by atoms with Crippen molar-refractivity contribution in [2.75, 3.05) is 0 Å². The standard InChI is InChI=1S/4C15H11N3.2C8H2F4O4.4ClHO4.4Cu/c4*1-3-10-16-12(6-1)14-8-5-9-15(18-14)13-7-2-4-11-17-13;2*9-3-1(7(13)14)4(10)6(12)5(11)2(3)8(15)16;4*2-1(3,4)5;;;;/h4*1-11H;2*(H,13,14)(H,15,16);4*(H,2,3,4,5);;;;/q;;;;;;;;;;4*+2/p-8. The van der Waals surface area contributed by atoms with Crippen LogP contribution in [0.1, 0.15) is 41.4 Å². The molecule has 0 aliphatic heterocycles. The van der Waals surface area contributed by atoms with Gasteiger partial charge >= 0.3 is 68.3 Å². The molecule has 0 N–H and O–H groups in total. The first-order valence-corrected chi connectivity index (χ1v) is 37.5. The number of carbonyl (C=O) groups is 4. The number of aromatic carboxylic acids is 4. The number of halogens is 12. The van der Waals surface area contributed by atoms with Gasteiger partial charge in [0.25, 0.3) is 0 Å². The Labute approximate surface area is 764 Å². The number of carbonyl (C=O) groups excluding carboxylic acids is 4. The van der Waals surface area contributed by atoms with Crippen molar-refractivity contribution >= 4 is 23.9 Å². The summed E-state index contributed by atoms with van der Waals surface area (Å²) < 4.78 is 238. The van der Waals surface area contributed by atoms with E-state index in [1.165, 1.54) is 0 Å². The summed E-state index contributed by atoms with van der Waals surface area (Å²) in [5.41, 5.74) is 5.84. The minimum atomic E-state index is -4.94. The first-order chi connectivity index (χ1) is 58.3. The Bertz CT molecular complexity index is 4860. The number of aromatic nitrogens is 12. The summed E-state index contributed by atoms with van der Waals surface area (Å²) >= 11 is 0. The van der Waals surface area contributed by atoms with E-state index in [1.807, 2.05) is 218 Å². The second-order valence-electron chi connectivity index (χ2n) is 22.0. The minimum absolute atomic E-state index is 0. The van der Waals surface area contributed by atoms with Crippen molar-refractivity contribution in [3.8, 4) is 91.1 Å². The van der Waals surface area contributed by atoms with Crippen LogP contribution < -0.4 is 95.0 Å². The Morgan fingerprint density at radius 2 is 0.289 bits per heavy atom. The monoisotopic (exact) mass is 2050 g/mol. The van der Waals surface area contributed by atoms with Crippen LogP contribution in [0.15, 0.2) is 268 Å². The molecule has 14 aromatic rings. The summed E-state index contributed by atoms with van der Waals surface area (Å²) in [6.07, 6.45) is 14.1. The Morgan fingerprint density at radius 1 is 0.180 bits per heavy atom. The molecule has 0 saturated heterocycles. The van der Waals surface area contributed by atoms with Gasteiger partial charge in [-0.25, -0.2) is 130 Å². The summed E-state index contributed by atoms with van der Waals surface area (Å²) in [6.45, 7) is 0. The Hall–Kier alpha value is -11.8. The molecule has 12 heterocycles. The van der Waals surface area contributed by atoms with Gasteiger partial charge in [-0.3, -0.25) is 39.9 Å². The van der Waals surface area contributed by atoms with Gasteiger partial charge in [0.2, 0.25) is 0 Å². The number of hydrogen-bond acceptors (Lipinski definition) is 36. The van der Waals surface area contributed by atoms with Gasteiger partial charge in [0.15, 0.2) is 34.9 Å². The molecule has 52 heteroatoms. The third-order valence-corrected chi connectivity index (χ3v) is 13.8. The second-order valence-corrected chi connectivity index (χ2v) is 25.0. The van der Waals surface area contributed by atoms with Crippen LogP contribution >= 0.6 is 0 Å². The molecule has 680 valence electrons. The van der Waals surface area contributed by atoms with Crippen molar-refractivity contribution in [2.45, 2.75) is 0 Å². The normalized spacial score (nSPS) is 10.2. The molecule has 12 aromatic heterocycles. The van der Waals surface area contributed by atoms with Crippen LogP contribution in [0.3, 0.4) is 0 Å². The summed E-state index contributed by atoms with van der Waals surface area (Å²) in [7, 11) is -19.8. The minimum Gasteiger partial charge on any atom is -0.545 e. The SMILES string of the molecule is O=C([O-])c1c(F)c(F)c(F)c(C(=O)[O-])c1F.O=C([O-])c1c(F)c(F)c(F)c(C(=O)[O-])c1F.[Cu+2].[Cu+2].[Cu+2].[Cu+2].[O-][Cl+3]([O-])([O-])[O-].[O-][Cl+3]([O-])([O-])[O-].[O-][Cl+3]([O-])([O-])[O-].[O-][Cl+3]([O-])([O-])[O-].c1ccc(-c2cccc(-c3ccccn3)n2)nc1.c1ccc(-c2cccc(-c3ccccn3)n2)nc1.c1ccc(-c2cccc(-c3ccccn3)n2)nc1.c1ccc(-c2cccc(-c3ccccn3)n2)nc1. The predicted octanol–water partition coefficient (Wildman–Crippen LogP) is -8.27. The van der Waals surface area contributed by atoms with Crippen molar-refractivity contribution in [1.29, 1.82) is 0 Å². The van der Waals surface area contributed by atoms with E-state index in [0.29, 0.717) is 0 Å². The van der Waals surface area contributed by atoms with Gasteiger partial charge in [-0.2, -0.15) is 0 Å². The van der Waals surface area contributed by atoms with Crippen LogP contribution in [-0.2, 0) is 68.3 Å².